The first-order valence-corrected chi connectivity index (χ1v) is 9.85. The summed E-state index contributed by atoms with van der Waals surface area (Å²) in [5.74, 6) is 0.816. The minimum atomic E-state index is -0.0714. The first-order chi connectivity index (χ1) is 13.2. The Kier molecular flexibility index (Phi) is 4.98. The van der Waals surface area contributed by atoms with E-state index < -0.39 is 0 Å². The van der Waals surface area contributed by atoms with Gasteiger partial charge >= 0.3 is 0 Å². The molecule has 4 aromatic rings. The van der Waals surface area contributed by atoms with Crippen molar-refractivity contribution < 1.29 is 4.79 Å². The minimum Gasteiger partial charge on any atom is -0.340 e. The van der Waals surface area contributed by atoms with Crippen molar-refractivity contribution in [3.8, 4) is 11.4 Å². The first kappa shape index (κ1) is 17.4. The molecule has 1 amide bonds. The highest BCUT2D eigenvalue weighted by molar-refractivity contribution is 8.00. The van der Waals surface area contributed by atoms with E-state index in [0.29, 0.717) is 11.6 Å². The number of hydrogen-bond donors (Lipinski definition) is 2. The van der Waals surface area contributed by atoms with Crippen molar-refractivity contribution >= 4 is 34.4 Å². The second-order valence-corrected chi connectivity index (χ2v) is 7.20. The van der Waals surface area contributed by atoms with Crippen molar-refractivity contribution in [2.75, 3.05) is 11.1 Å². The van der Waals surface area contributed by atoms with Crippen LogP contribution in [0.5, 0.6) is 0 Å². The number of carbonyl (C=O) groups excluding carboxylic acids is 1. The van der Waals surface area contributed by atoms with Crippen molar-refractivity contribution in [3.05, 3.63) is 66.7 Å². The van der Waals surface area contributed by atoms with E-state index in [4.69, 9.17) is 0 Å². The number of nitrogens with zero attached hydrogens (tertiary/aromatic N) is 2. The number of thioether (sulfide) groups is 1. The monoisotopic (exact) mass is 376 g/mol. The number of para-hydroxylation sites is 1. The molecule has 2 aromatic carbocycles. The summed E-state index contributed by atoms with van der Waals surface area (Å²) in [6.45, 7) is 2.98. The van der Waals surface area contributed by atoms with Crippen LogP contribution in [0.3, 0.4) is 0 Å². The number of H-pyrrole nitrogens is 1. The summed E-state index contributed by atoms with van der Waals surface area (Å²) in [4.78, 5) is 13.3. The van der Waals surface area contributed by atoms with Crippen LogP contribution in [0.1, 0.15) is 6.92 Å². The first-order valence-electron chi connectivity index (χ1n) is 8.86. The number of anilines is 1. The fraction of sp³-hybridized carbons (Fsp3) is 0.143. The molecule has 0 radical (unpaired) electrons. The van der Waals surface area contributed by atoms with E-state index in [-0.39, 0.29) is 5.91 Å². The molecule has 2 heterocycles. The molecule has 0 atom stereocenters. The van der Waals surface area contributed by atoms with Gasteiger partial charge < -0.3 is 9.88 Å². The molecule has 0 aliphatic carbocycles. The third-order valence-electron chi connectivity index (χ3n) is 4.36. The molecular formula is C21H20N4OS. The third-order valence-corrected chi connectivity index (χ3v) is 5.37. The Morgan fingerprint density at radius 1 is 1.11 bits per heavy atom. The lowest BCUT2D eigenvalue weighted by Crippen LogP contribution is -2.14. The summed E-state index contributed by atoms with van der Waals surface area (Å²) < 4.78 is 2.24. The average molecular weight is 376 g/mol. The number of aromatic amines is 1. The van der Waals surface area contributed by atoms with Gasteiger partial charge in [0.2, 0.25) is 5.91 Å². The van der Waals surface area contributed by atoms with Gasteiger partial charge in [0.1, 0.15) is 0 Å². The zero-order chi connectivity index (χ0) is 18.6. The molecular weight excluding hydrogens is 356 g/mol. The number of amides is 1. The van der Waals surface area contributed by atoms with E-state index in [9.17, 15) is 4.79 Å². The van der Waals surface area contributed by atoms with Crippen molar-refractivity contribution in [2.24, 2.45) is 0 Å². The van der Waals surface area contributed by atoms with Gasteiger partial charge in [0, 0.05) is 28.4 Å². The molecule has 6 heteroatoms. The normalized spacial score (nSPS) is 11.0. The highest BCUT2D eigenvalue weighted by Crippen LogP contribution is 2.28. The molecule has 5 nitrogen and oxygen atoms in total. The van der Waals surface area contributed by atoms with Gasteiger partial charge in [0.15, 0.2) is 5.82 Å². The Balaban J connectivity index is 1.48. The van der Waals surface area contributed by atoms with Crippen LogP contribution < -0.4 is 5.32 Å². The van der Waals surface area contributed by atoms with Crippen molar-refractivity contribution in [1.29, 1.82) is 0 Å². The van der Waals surface area contributed by atoms with Crippen LogP contribution in [0.25, 0.3) is 22.3 Å². The van der Waals surface area contributed by atoms with E-state index in [1.807, 2.05) is 48.5 Å². The van der Waals surface area contributed by atoms with Crippen molar-refractivity contribution in [3.63, 3.8) is 0 Å². The molecule has 0 saturated carbocycles. The van der Waals surface area contributed by atoms with Crippen LogP contribution in [0, 0.1) is 0 Å². The summed E-state index contributed by atoms with van der Waals surface area (Å²) in [7, 11) is 0. The van der Waals surface area contributed by atoms with Gasteiger partial charge in [-0.3, -0.25) is 9.89 Å². The zero-order valence-corrected chi connectivity index (χ0v) is 15.8. The van der Waals surface area contributed by atoms with Crippen LogP contribution in [0.15, 0.2) is 71.6 Å². The van der Waals surface area contributed by atoms with Gasteiger partial charge in [-0.1, -0.05) is 36.4 Å². The Hall–Kier alpha value is -2.99. The zero-order valence-electron chi connectivity index (χ0n) is 15.0. The molecule has 0 fully saturated rings. The lowest BCUT2D eigenvalue weighted by atomic mass is 10.2. The minimum absolute atomic E-state index is 0.0714. The Morgan fingerprint density at radius 3 is 2.70 bits per heavy atom. The number of fused-ring (bicyclic) bond motifs is 1. The second kappa shape index (κ2) is 7.72. The van der Waals surface area contributed by atoms with E-state index >= 15 is 0 Å². The molecule has 0 aliphatic rings. The van der Waals surface area contributed by atoms with E-state index in [1.165, 1.54) is 22.7 Å². The molecule has 2 N–H and O–H groups in total. The lowest BCUT2D eigenvalue weighted by molar-refractivity contribution is -0.113. The Morgan fingerprint density at radius 2 is 1.89 bits per heavy atom. The smallest absolute Gasteiger partial charge is 0.235 e. The maximum Gasteiger partial charge on any atom is 0.235 e. The maximum atomic E-state index is 12.2. The van der Waals surface area contributed by atoms with Gasteiger partial charge in [-0.15, -0.1) is 11.8 Å². The standard InChI is InChI=1S/C21H20N4OS/c1-2-25-18-11-7-6-8-15(18)12-19(25)17-13-20(24-23-17)22-21(26)14-27-16-9-4-3-5-10-16/h3-13H,2,14H2,1H3,(H2,22,23,24,26). The molecule has 0 spiro atoms. The molecule has 2 aromatic heterocycles. The molecule has 0 aliphatic heterocycles. The quantitative estimate of drug-likeness (QED) is 0.476. The van der Waals surface area contributed by atoms with Crippen LogP contribution in [0.2, 0.25) is 0 Å². The average Bonchev–Trinajstić information content (AvgIpc) is 3.31. The van der Waals surface area contributed by atoms with Crippen LogP contribution in [-0.2, 0) is 11.3 Å². The van der Waals surface area contributed by atoms with Gasteiger partial charge in [0.25, 0.3) is 0 Å². The number of aryl methyl sites for hydroxylation is 1. The van der Waals surface area contributed by atoms with Crippen LogP contribution in [0.4, 0.5) is 5.82 Å². The van der Waals surface area contributed by atoms with Crippen LogP contribution in [-0.4, -0.2) is 26.4 Å². The second-order valence-electron chi connectivity index (χ2n) is 6.15. The molecule has 0 saturated heterocycles. The molecule has 4 rings (SSSR count). The Labute approximate surface area is 161 Å². The lowest BCUT2D eigenvalue weighted by Gasteiger charge is -2.05. The van der Waals surface area contributed by atoms with Gasteiger partial charge in [-0.25, -0.2) is 0 Å². The summed E-state index contributed by atoms with van der Waals surface area (Å²) in [5.41, 5.74) is 3.14. The summed E-state index contributed by atoms with van der Waals surface area (Å²) in [5, 5.41) is 11.3. The molecule has 27 heavy (non-hydrogen) atoms. The fourth-order valence-electron chi connectivity index (χ4n) is 3.14. The van der Waals surface area contributed by atoms with E-state index in [0.717, 1.165) is 22.8 Å². The predicted octanol–water partition coefficient (Wildman–Crippen LogP) is 4.78. The summed E-state index contributed by atoms with van der Waals surface area (Å²) in [6, 6.07) is 22.2. The largest absolute Gasteiger partial charge is 0.340 e. The summed E-state index contributed by atoms with van der Waals surface area (Å²) >= 11 is 1.51. The molecule has 0 unspecified atom stereocenters. The number of rotatable bonds is 6. The topological polar surface area (TPSA) is 62.7 Å². The number of carbonyl (C=O) groups is 1. The van der Waals surface area contributed by atoms with E-state index in [2.05, 4.69) is 45.2 Å². The van der Waals surface area contributed by atoms with Crippen LogP contribution >= 0.6 is 11.8 Å². The third kappa shape index (κ3) is 3.75. The maximum absolute atomic E-state index is 12.2. The van der Waals surface area contributed by atoms with Crippen molar-refractivity contribution in [2.45, 2.75) is 18.4 Å². The van der Waals surface area contributed by atoms with Gasteiger partial charge in [-0.2, -0.15) is 5.10 Å². The number of hydrogen-bond acceptors (Lipinski definition) is 3. The SMILES string of the molecule is CCn1c(-c2cc(NC(=O)CSc3ccccc3)n[nH]2)cc2ccccc21. The Bertz CT molecular complexity index is 1070. The predicted molar refractivity (Wildman–Crippen MR) is 111 cm³/mol. The summed E-state index contributed by atoms with van der Waals surface area (Å²) in [6.07, 6.45) is 0. The highest BCUT2D eigenvalue weighted by atomic mass is 32.2. The molecule has 136 valence electrons. The van der Waals surface area contributed by atoms with Gasteiger partial charge in [0.05, 0.1) is 17.1 Å². The van der Waals surface area contributed by atoms with E-state index in [1.54, 1.807) is 0 Å². The van der Waals surface area contributed by atoms with Gasteiger partial charge in [-0.05, 0) is 31.2 Å². The highest BCUT2D eigenvalue weighted by Gasteiger charge is 2.13. The number of nitrogens with one attached hydrogen (secondary N) is 2. The number of benzene rings is 2. The fourth-order valence-corrected chi connectivity index (χ4v) is 3.86. The number of aromatic nitrogens is 3. The molecule has 0 bridgehead atoms. The van der Waals surface area contributed by atoms with Crippen molar-refractivity contribution in [1.82, 2.24) is 14.8 Å².